The number of imidazole rings is 1. The van der Waals surface area contributed by atoms with Gasteiger partial charge in [0.2, 0.25) is 0 Å². The average molecular weight is 421 g/mol. The first-order valence-corrected chi connectivity index (χ1v) is 9.83. The number of ketones is 1. The Morgan fingerprint density at radius 1 is 1.13 bits per heavy atom. The zero-order chi connectivity index (χ0) is 22.1. The highest BCUT2D eigenvalue weighted by Gasteiger charge is 2.46. The Hall–Kier alpha value is -3.65. The van der Waals surface area contributed by atoms with Crippen molar-refractivity contribution in [2.75, 3.05) is 27.4 Å². The molecule has 0 radical (unpaired) electrons. The third-order valence-electron chi connectivity index (χ3n) is 5.44. The minimum Gasteiger partial charge on any atom is -0.505 e. The molecule has 31 heavy (non-hydrogen) atoms. The van der Waals surface area contributed by atoms with Crippen LogP contribution >= 0.6 is 0 Å². The maximum atomic E-state index is 13.1. The third kappa shape index (κ3) is 3.44. The zero-order valence-electron chi connectivity index (χ0n) is 17.5. The molecule has 8 nitrogen and oxygen atoms in total. The lowest BCUT2D eigenvalue weighted by Gasteiger charge is -2.25. The summed E-state index contributed by atoms with van der Waals surface area (Å²) >= 11 is 0. The quantitative estimate of drug-likeness (QED) is 0.374. The Morgan fingerprint density at radius 3 is 2.55 bits per heavy atom. The van der Waals surface area contributed by atoms with Gasteiger partial charge in [0.25, 0.3) is 11.7 Å². The van der Waals surface area contributed by atoms with Gasteiger partial charge in [-0.25, -0.2) is 4.98 Å². The summed E-state index contributed by atoms with van der Waals surface area (Å²) < 4.78 is 12.1. The fourth-order valence-electron chi connectivity index (χ4n) is 3.96. The van der Waals surface area contributed by atoms with E-state index in [0.29, 0.717) is 28.3 Å². The molecule has 160 valence electrons. The van der Waals surface area contributed by atoms with Crippen LogP contribution in [-0.2, 0) is 14.3 Å². The van der Waals surface area contributed by atoms with Crippen LogP contribution in [0.1, 0.15) is 23.0 Å². The minimum atomic E-state index is -0.755. The first-order chi connectivity index (χ1) is 15.0. The number of hydrogen-bond acceptors (Lipinski definition) is 6. The fraction of sp³-hybridized carbons (Fsp3) is 0.261. The molecular formula is C23H23N3O5. The summed E-state index contributed by atoms with van der Waals surface area (Å²) in [6.07, 6.45) is 1.76. The molecule has 1 atom stereocenters. The molecule has 1 aromatic carbocycles. The number of aliphatic hydroxyl groups excluding tert-OH is 1. The standard InChI is InChI=1S/C23H23N3O5/c1-14-19(25-11-5-4-6-17(25)24-14)21(27)18-20(15-7-9-16(31-3)10-8-15)26(12-13-30-2)23(29)22(18)28/h4-11,20,27H,12-13H2,1-3H3/b21-18+. The first kappa shape index (κ1) is 20.6. The van der Waals surface area contributed by atoms with Crippen LogP contribution in [0.15, 0.2) is 54.2 Å². The van der Waals surface area contributed by atoms with Crippen molar-refractivity contribution < 1.29 is 24.2 Å². The summed E-state index contributed by atoms with van der Waals surface area (Å²) in [6.45, 7) is 2.22. The van der Waals surface area contributed by atoms with Crippen LogP contribution in [-0.4, -0.2) is 58.5 Å². The molecule has 3 heterocycles. The Morgan fingerprint density at radius 2 is 1.87 bits per heavy atom. The Bertz CT molecular complexity index is 1180. The number of aromatic nitrogens is 2. The van der Waals surface area contributed by atoms with Gasteiger partial charge in [0.05, 0.1) is 31.0 Å². The zero-order valence-corrected chi connectivity index (χ0v) is 17.5. The number of hydrogen-bond donors (Lipinski definition) is 1. The van der Waals surface area contributed by atoms with Crippen molar-refractivity contribution in [1.29, 1.82) is 0 Å². The maximum Gasteiger partial charge on any atom is 0.295 e. The first-order valence-electron chi connectivity index (χ1n) is 9.83. The van der Waals surface area contributed by atoms with Crippen molar-refractivity contribution in [3.8, 4) is 5.75 Å². The smallest absolute Gasteiger partial charge is 0.295 e. The number of likely N-dealkylation sites (tertiary alicyclic amines) is 1. The minimum absolute atomic E-state index is 0.0278. The molecule has 4 rings (SSSR count). The van der Waals surface area contributed by atoms with Gasteiger partial charge in [0.15, 0.2) is 5.76 Å². The van der Waals surface area contributed by atoms with Gasteiger partial charge in [-0.15, -0.1) is 0 Å². The number of carbonyl (C=O) groups excluding carboxylic acids is 2. The van der Waals surface area contributed by atoms with Crippen molar-refractivity contribution in [3.63, 3.8) is 0 Å². The molecule has 1 fully saturated rings. The van der Waals surface area contributed by atoms with Crippen molar-refractivity contribution >= 4 is 23.1 Å². The number of fused-ring (bicyclic) bond motifs is 1. The van der Waals surface area contributed by atoms with Crippen LogP contribution in [0.2, 0.25) is 0 Å². The van der Waals surface area contributed by atoms with Crippen molar-refractivity contribution in [2.24, 2.45) is 0 Å². The molecule has 1 saturated heterocycles. The van der Waals surface area contributed by atoms with Gasteiger partial charge in [-0.05, 0) is 36.8 Å². The van der Waals surface area contributed by atoms with Gasteiger partial charge in [-0.3, -0.25) is 14.0 Å². The predicted octanol–water partition coefficient (Wildman–Crippen LogP) is 2.72. The highest BCUT2D eigenvalue weighted by molar-refractivity contribution is 6.46. The SMILES string of the molecule is COCCN1C(=O)C(=O)/C(=C(/O)c2c(C)nc3ccccn23)C1c1ccc(OC)cc1. The highest BCUT2D eigenvalue weighted by atomic mass is 16.5. The number of methoxy groups -OCH3 is 2. The average Bonchev–Trinajstić information content (AvgIpc) is 3.25. The Balaban J connectivity index is 1.92. The van der Waals surface area contributed by atoms with Crippen molar-refractivity contribution in [3.05, 3.63) is 71.2 Å². The number of Topliss-reactive ketones (excluding diaryl/α,β-unsaturated/α-hetero) is 1. The molecule has 0 spiro atoms. The third-order valence-corrected chi connectivity index (χ3v) is 5.44. The molecule has 0 bridgehead atoms. The molecular weight excluding hydrogens is 398 g/mol. The van der Waals surface area contributed by atoms with Gasteiger partial charge in [0.1, 0.15) is 17.1 Å². The van der Waals surface area contributed by atoms with E-state index in [-0.39, 0.29) is 24.5 Å². The number of pyridine rings is 1. The molecule has 0 saturated carbocycles. The number of carbonyl (C=O) groups is 2. The largest absolute Gasteiger partial charge is 0.505 e. The van der Waals surface area contributed by atoms with E-state index in [0.717, 1.165) is 0 Å². The fourth-order valence-corrected chi connectivity index (χ4v) is 3.96. The molecule has 1 aliphatic rings. The number of aliphatic hydroxyl groups is 1. The maximum absolute atomic E-state index is 13.1. The Labute approximate surface area is 179 Å². The molecule has 1 unspecified atom stereocenters. The van der Waals surface area contributed by atoms with E-state index in [1.54, 1.807) is 48.9 Å². The van der Waals surface area contributed by atoms with Gasteiger partial charge >= 0.3 is 0 Å². The van der Waals surface area contributed by atoms with E-state index in [1.165, 1.54) is 12.0 Å². The molecule has 1 N–H and O–H groups in total. The second-order valence-corrected chi connectivity index (χ2v) is 7.23. The van der Waals surface area contributed by atoms with E-state index in [2.05, 4.69) is 4.98 Å². The number of benzene rings is 1. The monoisotopic (exact) mass is 421 g/mol. The number of aryl methyl sites for hydroxylation is 1. The number of nitrogens with zero attached hydrogens (tertiary/aromatic N) is 3. The van der Waals surface area contributed by atoms with E-state index in [4.69, 9.17) is 9.47 Å². The normalized spacial score (nSPS) is 18.2. The van der Waals surface area contributed by atoms with E-state index in [1.807, 2.05) is 18.2 Å². The molecule has 1 aliphatic heterocycles. The summed E-state index contributed by atoms with van der Waals surface area (Å²) in [7, 11) is 3.09. The van der Waals surface area contributed by atoms with E-state index < -0.39 is 17.7 Å². The lowest BCUT2D eigenvalue weighted by Crippen LogP contribution is -2.32. The number of rotatable bonds is 6. The number of amides is 1. The second kappa shape index (κ2) is 8.23. The summed E-state index contributed by atoms with van der Waals surface area (Å²) in [4.78, 5) is 31.8. The second-order valence-electron chi connectivity index (χ2n) is 7.23. The van der Waals surface area contributed by atoms with Gasteiger partial charge in [-0.1, -0.05) is 18.2 Å². The topological polar surface area (TPSA) is 93.4 Å². The van der Waals surface area contributed by atoms with E-state index in [9.17, 15) is 14.7 Å². The van der Waals surface area contributed by atoms with Crippen LogP contribution in [0, 0.1) is 6.92 Å². The van der Waals surface area contributed by atoms with Crippen LogP contribution < -0.4 is 4.74 Å². The Kier molecular flexibility index (Phi) is 5.48. The highest BCUT2D eigenvalue weighted by Crippen LogP contribution is 2.40. The van der Waals surface area contributed by atoms with Crippen molar-refractivity contribution in [2.45, 2.75) is 13.0 Å². The van der Waals surface area contributed by atoms with Crippen LogP contribution in [0.25, 0.3) is 11.4 Å². The lowest BCUT2D eigenvalue weighted by molar-refractivity contribution is -0.140. The van der Waals surface area contributed by atoms with Crippen LogP contribution in [0.5, 0.6) is 5.75 Å². The molecule has 8 heteroatoms. The summed E-state index contributed by atoms with van der Waals surface area (Å²) in [6, 6.07) is 11.8. The number of ether oxygens (including phenoxy) is 2. The predicted molar refractivity (Wildman–Crippen MR) is 114 cm³/mol. The molecule has 2 aromatic heterocycles. The van der Waals surface area contributed by atoms with Crippen molar-refractivity contribution in [1.82, 2.24) is 14.3 Å². The summed E-state index contributed by atoms with van der Waals surface area (Å²) in [5.41, 5.74) is 2.29. The van der Waals surface area contributed by atoms with Gasteiger partial charge in [0, 0.05) is 19.9 Å². The van der Waals surface area contributed by atoms with Gasteiger partial charge in [-0.2, -0.15) is 0 Å². The van der Waals surface area contributed by atoms with Crippen LogP contribution in [0.4, 0.5) is 0 Å². The summed E-state index contributed by atoms with van der Waals surface area (Å²) in [5.74, 6) is -1.02. The molecule has 0 aliphatic carbocycles. The van der Waals surface area contributed by atoms with E-state index >= 15 is 0 Å². The molecule has 3 aromatic rings. The van der Waals surface area contributed by atoms with Crippen LogP contribution in [0.3, 0.4) is 0 Å². The lowest BCUT2D eigenvalue weighted by atomic mass is 9.96. The van der Waals surface area contributed by atoms with Gasteiger partial charge < -0.3 is 19.5 Å². The summed E-state index contributed by atoms with van der Waals surface area (Å²) in [5, 5.41) is 11.3. The molecule has 1 amide bonds.